The van der Waals surface area contributed by atoms with Crippen molar-refractivity contribution in [1.29, 1.82) is 0 Å². The van der Waals surface area contributed by atoms with Crippen molar-refractivity contribution in [2.24, 2.45) is 0 Å². The Kier molecular flexibility index (Phi) is 5.30. The van der Waals surface area contributed by atoms with Crippen molar-refractivity contribution in [3.63, 3.8) is 0 Å². The van der Waals surface area contributed by atoms with Gasteiger partial charge in [-0.2, -0.15) is 0 Å². The van der Waals surface area contributed by atoms with Crippen LogP contribution in [0.15, 0.2) is 29.6 Å². The Labute approximate surface area is 145 Å². The smallest absolute Gasteiger partial charge is 0.223 e. The normalized spacial score (nSPS) is 18.2. The maximum Gasteiger partial charge on any atom is 0.223 e. The summed E-state index contributed by atoms with van der Waals surface area (Å²) in [5.41, 5.74) is 1.94. The minimum absolute atomic E-state index is 0.0764. The molecule has 0 spiro atoms. The fraction of sp³-hybridized carbons (Fsp3) is 0.412. The van der Waals surface area contributed by atoms with E-state index in [0.29, 0.717) is 37.6 Å². The fourth-order valence-corrected chi connectivity index (χ4v) is 3.66. The number of hydrogen-bond acceptors (Lipinski definition) is 4. The van der Waals surface area contributed by atoms with Crippen LogP contribution >= 0.6 is 22.9 Å². The number of aryl methyl sites for hydroxylation is 2. The first-order chi connectivity index (χ1) is 11.1. The number of rotatable bonds is 4. The molecule has 4 nitrogen and oxygen atoms in total. The van der Waals surface area contributed by atoms with Gasteiger partial charge in [-0.1, -0.05) is 29.8 Å². The minimum atomic E-state index is -0.0764. The molecule has 0 aliphatic carbocycles. The number of ether oxygens (including phenoxy) is 1. The molecule has 2 aromatic rings. The number of carbonyl (C=O) groups is 1. The number of nitrogens with zero attached hydrogens (tertiary/aromatic N) is 2. The van der Waals surface area contributed by atoms with Gasteiger partial charge in [0.25, 0.3) is 0 Å². The lowest BCUT2D eigenvalue weighted by Gasteiger charge is -2.34. The number of aromatic nitrogens is 1. The molecule has 1 saturated heterocycles. The maximum absolute atomic E-state index is 12.7. The molecule has 23 heavy (non-hydrogen) atoms. The maximum atomic E-state index is 12.7. The van der Waals surface area contributed by atoms with Crippen LogP contribution in [-0.2, 0) is 16.0 Å². The minimum Gasteiger partial charge on any atom is -0.377 e. The summed E-state index contributed by atoms with van der Waals surface area (Å²) < 4.78 is 5.56. The van der Waals surface area contributed by atoms with E-state index in [-0.39, 0.29) is 11.9 Å². The second-order valence-electron chi connectivity index (χ2n) is 5.56. The van der Waals surface area contributed by atoms with Gasteiger partial charge in [-0.15, -0.1) is 11.3 Å². The molecule has 0 unspecified atom stereocenters. The van der Waals surface area contributed by atoms with Crippen LogP contribution in [0.1, 0.15) is 28.7 Å². The Morgan fingerprint density at radius 1 is 1.48 bits per heavy atom. The monoisotopic (exact) mass is 350 g/mol. The second-order valence-corrected chi connectivity index (χ2v) is 7.03. The molecular formula is C17H19ClN2O2S. The lowest BCUT2D eigenvalue weighted by Crippen LogP contribution is -2.43. The largest absolute Gasteiger partial charge is 0.377 e. The Bertz CT molecular complexity index is 689. The zero-order chi connectivity index (χ0) is 16.2. The van der Waals surface area contributed by atoms with Gasteiger partial charge in [0, 0.05) is 23.4 Å². The topological polar surface area (TPSA) is 42.4 Å². The fourth-order valence-electron chi connectivity index (χ4n) is 2.77. The Morgan fingerprint density at radius 2 is 2.30 bits per heavy atom. The summed E-state index contributed by atoms with van der Waals surface area (Å²) >= 11 is 7.77. The van der Waals surface area contributed by atoms with E-state index in [0.717, 1.165) is 16.3 Å². The number of thiazole rings is 1. The highest BCUT2D eigenvalue weighted by Crippen LogP contribution is 2.26. The van der Waals surface area contributed by atoms with Gasteiger partial charge >= 0.3 is 0 Å². The van der Waals surface area contributed by atoms with Crippen LogP contribution in [0.4, 0.5) is 0 Å². The summed E-state index contributed by atoms with van der Waals surface area (Å²) in [6.45, 7) is 3.68. The average Bonchev–Trinajstić information content (AvgIpc) is 3.00. The number of amides is 1. The van der Waals surface area contributed by atoms with Crippen LogP contribution in [0, 0.1) is 6.92 Å². The van der Waals surface area contributed by atoms with Crippen LogP contribution in [-0.4, -0.2) is 35.5 Å². The highest BCUT2D eigenvalue weighted by atomic mass is 35.5. The summed E-state index contributed by atoms with van der Waals surface area (Å²) in [4.78, 5) is 19.1. The molecule has 0 saturated carbocycles. The molecule has 1 atom stereocenters. The van der Waals surface area contributed by atoms with Gasteiger partial charge in [0.1, 0.15) is 0 Å². The van der Waals surface area contributed by atoms with E-state index >= 15 is 0 Å². The molecule has 0 N–H and O–H groups in total. The first-order valence-electron chi connectivity index (χ1n) is 7.68. The third kappa shape index (κ3) is 3.91. The Hall–Kier alpha value is -1.43. The number of morpholine rings is 1. The van der Waals surface area contributed by atoms with Gasteiger partial charge in [0.2, 0.25) is 5.91 Å². The molecule has 2 heterocycles. The predicted molar refractivity (Wildman–Crippen MR) is 91.9 cm³/mol. The van der Waals surface area contributed by atoms with Crippen molar-refractivity contribution in [2.45, 2.75) is 25.8 Å². The zero-order valence-corrected chi connectivity index (χ0v) is 14.6. The quantitative estimate of drug-likeness (QED) is 0.845. The van der Waals surface area contributed by atoms with Gasteiger partial charge in [-0.05, 0) is 25.0 Å². The highest BCUT2D eigenvalue weighted by molar-refractivity contribution is 7.09. The first kappa shape index (κ1) is 16.4. The van der Waals surface area contributed by atoms with Crippen molar-refractivity contribution in [1.82, 2.24) is 9.88 Å². The molecule has 1 aromatic carbocycles. The van der Waals surface area contributed by atoms with Crippen LogP contribution < -0.4 is 0 Å². The first-order valence-corrected chi connectivity index (χ1v) is 8.93. The summed E-state index contributed by atoms with van der Waals surface area (Å²) in [6.07, 6.45) is 1.10. The Morgan fingerprint density at radius 3 is 3.04 bits per heavy atom. The molecule has 1 aliphatic heterocycles. The summed E-state index contributed by atoms with van der Waals surface area (Å²) in [7, 11) is 0. The third-order valence-electron chi connectivity index (χ3n) is 3.99. The molecule has 0 radical (unpaired) electrons. The lowest BCUT2D eigenvalue weighted by molar-refractivity contribution is -0.140. The van der Waals surface area contributed by atoms with Crippen LogP contribution in [0.3, 0.4) is 0 Å². The van der Waals surface area contributed by atoms with Gasteiger partial charge in [0.05, 0.1) is 30.0 Å². The SMILES string of the molecule is Cc1nc([C@H]2COCCN2C(=O)CCc2ccccc2Cl)cs1. The lowest BCUT2D eigenvalue weighted by atomic mass is 10.1. The number of benzene rings is 1. The standard InChI is InChI=1S/C17H19ClN2O2S/c1-12-19-15(11-23-12)16-10-22-9-8-20(16)17(21)7-6-13-4-2-3-5-14(13)18/h2-5,11,16H,6-10H2,1H3/t16-/m1/s1. The highest BCUT2D eigenvalue weighted by Gasteiger charge is 2.29. The van der Waals surface area contributed by atoms with E-state index in [1.165, 1.54) is 0 Å². The predicted octanol–water partition coefficient (Wildman–Crippen LogP) is 3.64. The van der Waals surface area contributed by atoms with Crippen molar-refractivity contribution in [3.05, 3.63) is 50.9 Å². The van der Waals surface area contributed by atoms with Gasteiger partial charge in [-0.25, -0.2) is 4.98 Å². The molecule has 1 aliphatic rings. The van der Waals surface area contributed by atoms with E-state index in [1.54, 1.807) is 11.3 Å². The van der Waals surface area contributed by atoms with Crippen molar-refractivity contribution >= 4 is 28.8 Å². The van der Waals surface area contributed by atoms with Gasteiger partial charge < -0.3 is 9.64 Å². The van der Waals surface area contributed by atoms with Crippen molar-refractivity contribution in [3.8, 4) is 0 Å². The molecule has 3 rings (SSSR count). The Balaban J connectivity index is 1.68. The summed E-state index contributed by atoms with van der Waals surface area (Å²) in [5, 5.41) is 3.74. The van der Waals surface area contributed by atoms with Crippen molar-refractivity contribution in [2.75, 3.05) is 19.8 Å². The van der Waals surface area contributed by atoms with Gasteiger partial charge in [-0.3, -0.25) is 4.79 Å². The van der Waals surface area contributed by atoms with E-state index in [9.17, 15) is 4.79 Å². The van der Waals surface area contributed by atoms with Gasteiger partial charge in [0.15, 0.2) is 0 Å². The van der Waals surface area contributed by atoms with E-state index < -0.39 is 0 Å². The number of carbonyl (C=O) groups excluding carboxylic acids is 1. The molecule has 1 amide bonds. The molecule has 1 fully saturated rings. The van der Waals surface area contributed by atoms with Crippen LogP contribution in [0.25, 0.3) is 0 Å². The van der Waals surface area contributed by atoms with E-state index in [1.807, 2.05) is 41.5 Å². The number of hydrogen-bond donors (Lipinski definition) is 0. The molecule has 1 aromatic heterocycles. The molecule has 122 valence electrons. The van der Waals surface area contributed by atoms with Crippen molar-refractivity contribution < 1.29 is 9.53 Å². The van der Waals surface area contributed by atoms with E-state index in [4.69, 9.17) is 16.3 Å². The summed E-state index contributed by atoms with van der Waals surface area (Å²) in [5.74, 6) is 0.129. The average molecular weight is 351 g/mol. The zero-order valence-electron chi connectivity index (χ0n) is 13.0. The molecular weight excluding hydrogens is 332 g/mol. The van der Waals surface area contributed by atoms with Crippen LogP contribution in [0.2, 0.25) is 5.02 Å². The molecule has 0 bridgehead atoms. The van der Waals surface area contributed by atoms with Crippen LogP contribution in [0.5, 0.6) is 0 Å². The third-order valence-corrected chi connectivity index (χ3v) is 5.15. The van der Waals surface area contributed by atoms with E-state index in [2.05, 4.69) is 4.98 Å². The number of halogens is 1. The molecule has 6 heteroatoms. The second kappa shape index (κ2) is 7.43. The summed E-state index contributed by atoms with van der Waals surface area (Å²) in [6, 6.07) is 7.59.